The Kier molecular flexibility index (Phi) is 4.08. The number of carbonyl (C=O) groups excluding carboxylic acids is 1. The number of nitrogens with one attached hydrogen (secondary N) is 1. The van der Waals surface area contributed by atoms with Gasteiger partial charge in [-0.25, -0.2) is 4.98 Å². The minimum atomic E-state index is -0.219. The van der Waals surface area contributed by atoms with E-state index in [2.05, 4.69) is 31.3 Å². The van der Waals surface area contributed by atoms with Gasteiger partial charge in [0.25, 0.3) is 5.91 Å². The number of hydrogen-bond donors (Lipinski definition) is 1. The minimum absolute atomic E-state index is 0.219. The lowest BCUT2D eigenvalue weighted by atomic mass is 10.1. The average molecular weight is 411 g/mol. The number of halogens is 1. The Morgan fingerprint density at radius 3 is 2.69 bits per heavy atom. The first-order chi connectivity index (χ1) is 12.5. The second-order valence-corrected chi connectivity index (χ2v) is 6.82. The highest BCUT2D eigenvalue weighted by atomic mass is 79.9. The predicted octanol–water partition coefficient (Wildman–Crippen LogP) is 4.55. The molecule has 0 bridgehead atoms. The largest absolute Gasteiger partial charge is 0.463 e. The second-order valence-electron chi connectivity index (χ2n) is 5.90. The normalized spacial score (nSPS) is 11.0. The molecular formula is C19H15BrN4O2. The summed E-state index contributed by atoms with van der Waals surface area (Å²) in [6.45, 7) is 1.87. The van der Waals surface area contributed by atoms with Gasteiger partial charge in [0.1, 0.15) is 5.69 Å². The van der Waals surface area contributed by atoms with Gasteiger partial charge >= 0.3 is 0 Å². The summed E-state index contributed by atoms with van der Waals surface area (Å²) in [5.41, 5.74) is 3.20. The number of rotatable bonds is 3. The van der Waals surface area contributed by atoms with E-state index < -0.39 is 0 Å². The number of amides is 1. The molecule has 0 spiro atoms. The Balaban J connectivity index is 1.84. The Morgan fingerprint density at radius 1 is 1.23 bits per heavy atom. The third kappa shape index (κ3) is 2.90. The number of aromatic nitrogens is 3. The van der Waals surface area contributed by atoms with Crippen LogP contribution in [0, 0.1) is 6.92 Å². The molecule has 0 aliphatic rings. The molecule has 0 fully saturated rings. The van der Waals surface area contributed by atoms with Gasteiger partial charge < -0.3 is 9.73 Å². The molecule has 0 unspecified atom stereocenters. The van der Waals surface area contributed by atoms with Gasteiger partial charge in [0.15, 0.2) is 11.4 Å². The van der Waals surface area contributed by atoms with E-state index in [1.165, 1.54) is 0 Å². The highest BCUT2D eigenvalue weighted by Gasteiger charge is 2.20. The minimum Gasteiger partial charge on any atom is -0.463 e. The lowest BCUT2D eigenvalue weighted by molar-refractivity contribution is 0.102. The zero-order valence-corrected chi connectivity index (χ0v) is 15.7. The molecule has 4 rings (SSSR count). The second kappa shape index (κ2) is 6.42. The van der Waals surface area contributed by atoms with Crippen molar-refractivity contribution in [2.75, 3.05) is 5.32 Å². The van der Waals surface area contributed by atoms with Crippen molar-refractivity contribution in [1.29, 1.82) is 0 Å². The van der Waals surface area contributed by atoms with E-state index in [1.54, 1.807) is 23.1 Å². The van der Waals surface area contributed by atoms with Gasteiger partial charge in [0, 0.05) is 17.2 Å². The molecule has 1 N–H and O–H groups in total. The van der Waals surface area contributed by atoms with E-state index in [9.17, 15) is 4.79 Å². The lowest BCUT2D eigenvalue weighted by Crippen LogP contribution is -2.13. The number of nitrogens with zero attached hydrogens (tertiary/aromatic N) is 3. The van der Waals surface area contributed by atoms with Crippen LogP contribution in [0.25, 0.3) is 22.5 Å². The standard InChI is InChI=1S/C19H15BrN4O2/c1-11-17-14(19(25)21-13-7-5-12(20)6-8-13)10-15(16-4-3-9-26-16)22-18(17)24(2)23-11/h3-10H,1-2H3,(H,21,25). The number of benzene rings is 1. The number of carbonyl (C=O) groups is 1. The molecule has 0 aliphatic carbocycles. The molecule has 26 heavy (non-hydrogen) atoms. The molecule has 1 amide bonds. The van der Waals surface area contributed by atoms with E-state index >= 15 is 0 Å². The number of aryl methyl sites for hydroxylation is 2. The van der Waals surface area contributed by atoms with Crippen molar-refractivity contribution in [3.63, 3.8) is 0 Å². The van der Waals surface area contributed by atoms with Crippen LogP contribution in [-0.4, -0.2) is 20.7 Å². The fraction of sp³-hybridized carbons (Fsp3) is 0.105. The molecule has 0 atom stereocenters. The van der Waals surface area contributed by atoms with Gasteiger partial charge in [-0.3, -0.25) is 9.48 Å². The molecule has 6 nitrogen and oxygen atoms in total. The molecule has 1 aromatic carbocycles. The van der Waals surface area contributed by atoms with Crippen LogP contribution in [0.4, 0.5) is 5.69 Å². The van der Waals surface area contributed by atoms with Crippen molar-refractivity contribution in [3.05, 3.63) is 64.5 Å². The van der Waals surface area contributed by atoms with Crippen LogP contribution in [0.1, 0.15) is 16.1 Å². The molecule has 3 aromatic heterocycles. The summed E-state index contributed by atoms with van der Waals surface area (Å²) >= 11 is 3.39. The molecule has 0 saturated heterocycles. The van der Waals surface area contributed by atoms with E-state index in [4.69, 9.17) is 4.42 Å². The monoisotopic (exact) mass is 410 g/mol. The average Bonchev–Trinajstić information content (AvgIpc) is 3.25. The molecular weight excluding hydrogens is 396 g/mol. The fourth-order valence-electron chi connectivity index (χ4n) is 2.91. The molecule has 0 aliphatic heterocycles. The van der Waals surface area contributed by atoms with E-state index in [1.807, 2.05) is 44.3 Å². The summed E-state index contributed by atoms with van der Waals surface area (Å²) in [7, 11) is 1.81. The van der Waals surface area contributed by atoms with E-state index in [0.29, 0.717) is 28.4 Å². The summed E-state index contributed by atoms with van der Waals surface area (Å²) in [6, 6.07) is 12.8. The van der Waals surface area contributed by atoms with Crippen LogP contribution in [0.5, 0.6) is 0 Å². The van der Waals surface area contributed by atoms with Crippen molar-refractivity contribution in [3.8, 4) is 11.5 Å². The van der Waals surface area contributed by atoms with Gasteiger partial charge in [-0.2, -0.15) is 5.10 Å². The molecule has 0 radical (unpaired) electrons. The molecule has 0 saturated carbocycles. The van der Waals surface area contributed by atoms with Crippen molar-refractivity contribution >= 4 is 38.6 Å². The molecule has 4 aromatic rings. The van der Waals surface area contributed by atoms with Crippen molar-refractivity contribution in [1.82, 2.24) is 14.8 Å². The molecule has 7 heteroatoms. The Morgan fingerprint density at radius 2 is 2.00 bits per heavy atom. The molecule has 3 heterocycles. The van der Waals surface area contributed by atoms with E-state index in [-0.39, 0.29) is 5.91 Å². The van der Waals surface area contributed by atoms with Crippen LogP contribution in [-0.2, 0) is 7.05 Å². The number of anilines is 1. The quantitative estimate of drug-likeness (QED) is 0.537. The Hall–Kier alpha value is -2.93. The summed E-state index contributed by atoms with van der Waals surface area (Å²) in [5.74, 6) is 0.382. The fourth-order valence-corrected chi connectivity index (χ4v) is 3.17. The van der Waals surface area contributed by atoms with Gasteiger partial charge in [-0.15, -0.1) is 0 Å². The first kappa shape index (κ1) is 16.5. The van der Waals surface area contributed by atoms with Crippen LogP contribution in [0.3, 0.4) is 0 Å². The molecule has 130 valence electrons. The van der Waals surface area contributed by atoms with Crippen molar-refractivity contribution in [2.45, 2.75) is 6.92 Å². The maximum Gasteiger partial charge on any atom is 0.256 e. The van der Waals surface area contributed by atoms with Crippen molar-refractivity contribution in [2.24, 2.45) is 7.05 Å². The highest BCUT2D eigenvalue weighted by molar-refractivity contribution is 9.10. The third-order valence-electron chi connectivity index (χ3n) is 4.09. The van der Waals surface area contributed by atoms with Crippen LogP contribution in [0.2, 0.25) is 0 Å². The summed E-state index contributed by atoms with van der Waals surface area (Å²) in [4.78, 5) is 17.6. The predicted molar refractivity (Wildman–Crippen MR) is 103 cm³/mol. The number of pyridine rings is 1. The smallest absolute Gasteiger partial charge is 0.256 e. The van der Waals surface area contributed by atoms with Crippen LogP contribution in [0.15, 0.2) is 57.6 Å². The first-order valence-electron chi connectivity index (χ1n) is 7.98. The van der Waals surface area contributed by atoms with Gasteiger partial charge in [0.05, 0.1) is 22.9 Å². The zero-order chi connectivity index (χ0) is 18.3. The summed E-state index contributed by atoms with van der Waals surface area (Å²) < 4.78 is 8.08. The van der Waals surface area contributed by atoms with Gasteiger partial charge in [-0.1, -0.05) is 15.9 Å². The van der Waals surface area contributed by atoms with Crippen LogP contribution >= 0.6 is 15.9 Å². The van der Waals surface area contributed by atoms with Gasteiger partial charge in [0.2, 0.25) is 0 Å². The van der Waals surface area contributed by atoms with Gasteiger partial charge in [-0.05, 0) is 49.4 Å². The summed E-state index contributed by atoms with van der Waals surface area (Å²) in [6.07, 6.45) is 1.58. The Bertz CT molecular complexity index is 1100. The van der Waals surface area contributed by atoms with Crippen LogP contribution < -0.4 is 5.32 Å². The number of furan rings is 1. The lowest BCUT2D eigenvalue weighted by Gasteiger charge is -2.08. The SMILES string of the molecule is Cc1nn(C)c2nc(-c3ccco3)cc(C(=O)Nc3ccc(Br)cc3)c12. The Labute approximate surface area is 158 Å². The first-order valence-corrected chi connectivity index (χ1v) is 8.77. The maximum absolute atomic E-state index is 13.0. The van der Waals surface area contributed by atoms with E-state index in [0.717, 1.165) is 15.6 Å². The number of hydrogen-bond acceptors (Lipinski definition) is 4. The topological polar surface area (TPSA) is 73.0 Å². The van der Waals surface area contributed by atoms with Crippen molar-refractivity contribution < 1.29 is 9.21 Å². The zero-order valence-electron chi connectivity index (χ0n) is 14.2. The highest BCUT2D eigenvalue weighted by Crippen LogP contribution is 2.28. The summed E-state index contributed by atoms with van der Waals surface area (Å²) in [5, 5.41) is 8.08. The number of fused-ring (bicyclic) bond motifs is 1. The third-order valence-corrected chi connectivity index (χ3v) is 4.62. The maximum atomic E-state index is 13.0.